The summed E-state index contributed by atoms with van der Waals surface area (Å²) in [4.78, 5) is 33.7. The zero-order valence-corrected chi connectivity index (χ0v) is 11.0. The number of rotatable bonds is 5. The summed E-state index contributed by atoms with van der Waals surface area (Å²) in [6.45, 7) is 2.13. The number of nitrogens with two attached hydrogens (primary N) is 1. The van der Waals surface area contributed by atoms with Crippen LogP contribution in [0.2, 0.25) is 0 Å². The molecule has 0 bridgehead atoms. The first kappa shape index (κ1) is 15.6. The fourth-order valence-electron chi connectivity index (χ4n) is 1.71. The molecule has 0 aliphatic carbocycles. The van der Waals surface area contributed by atoms with Crippen LogP contribution in [0.1, 0.15) is 19.4 Å². The Labute approximate surface area is 115 Å². The molecule has 0 saturated heterocycles. The SMILES string of the molecule is CC(=O)OC(OC(C)=O)(c1ccccc1)[C@H](N)C(=O)O. The van der Waals surface area contributed by atoms with E-state index in [-0.39, 0.29) is 5.56 Å². The monoisotopic (exact) mass is 281 g/mol. The highest BCUT2D eigenvalue weighted by atomic mass is 16.7. The van der Waals surface area contributed by atoms with Crippen LogP contribution < -0.4 is 5.73 Å². The van der Waals surface area contributed by atoms with E-state index in [4.69, 9.17) is 20.3 Å². The molecule has 20 heavy (non-hydrogen) atoms. The molecule has 1 aromatic carbocycles. The molecule has 0 saturated carbocycles. The van der Waals surface area contributed by atoms with Gasteiger partial charge in [-0.25, -0.2) is 0 Å². The van der Waals surface area contributed by atoms with Gasteiger partial charge in [0.2, 0.25) is 0 Å². The van der Waals surface area contributed by atoms with E-state index in [1.54, 1.807) is 18.2 Å². The Morgan fingerprint density at radius 2 is 1.55 bits per heavy atom. The zero-order chi connectivity index (χ0) is 15.3. The standard InChI is InChI=1S/C13H15NO6/c1-8(15)19-13(20-9(2)16,11(14)12(17)18)10-6-4-3-5-7-10/h3-7,11H,14H2,1-2H3,(H,17,18)/t11-/m1/s1. The van der Waals surface area contributed by atoms with E-state index in [0.717, 1.165) is 13.8 Å². The number of esters is 2. The van der Waals surface area contributed by atoms with Crippen LogP contribution in [0.15, 0.2) is 30.3 Å². The average Bonchev–Trinajstić information content (AvgIpc) is 2.36. The van der Waals surface area contributed by atoms with Crippen LogP contribution in [-0.2, 0) is 29.6 Å². The Hall–Kier alpha value is -2.41. The largest absolute Gasteiger partial charge is 0.480 e. The Morgan fingerprint density at radius 1 is 1.10 bits per heavy atom. The summed E-state index contributed by atoms with van der Waals surface area (Å²) in [6, 6.07) is 5.96. The van der Waals surface area contributed by atoms with Crippen molar-refractivity contribution in [2.75, 3.05) is 0 Å². The van der Waals surface area contributed by atoms with Crippen molar-refractivity contribution in [2.45, 2.75) is 25.7 Å². The second-order valence-electron chi connectivity index (χ2n) is 4.04. The van der Waals surface area contributed by atoms with Gasteiger partial charge in [-0.1, -0.05) is 30.3 Å². The van der Waals surface area contributed by atoms with Crippen LogP contribution in [0, 0.1) is 0 Å². The van der Waals surface area contributed by atoms with Crippen LogP contribution in [0.5, 0.6) is 0 Å². The molecule has 0 spiro atoms. The van der Waals surface area contributed by atoms with Gasteiger partial charge in [-0.3, -0.25) is 14.4 Å². The minimum Gasteiger partial charge on any atom is -0.480 e. The number of carbonyl (C=O) groups is 3. The molecular formula is C13H15NO6. The first-order valence-corrected chi connectivity index (χ1v) is 5.72. The molecule has 0 amide bonds. The van der Waals surface area contributed by atoms with E-state index in [9.17, 15) is 14.4 Å². The fourth-order valence-corrected chi connectivity index (χ4v) is 1.71. The topological polar surface area (TPSA) is 116 Å². The van der Waals surface area contributed by atoms with E-state index in [2.05, 4.69) is 0 Å². The van der Waals surface area contributed by atoms with Gasteiger partial charge >= 0.3 is 23.7 Å². The highest BCUT2D eigenvalue weighted by Gasteiger charge is 2.49. The minimum atomic E-state index is -2.20. The third kappa shape index (κ3) is 3.33. The number of hydrogen-bond acceptors (Lipinski definition) is 6. The van der Waals surface area contributed by atoms with Gasteiger partial charge < -0.3 is 20.3 Å². The Morgan fingerprint density at radius 3 is 1.90 bits per heavy atom. The number of carbonyl (C=O) groups excluding carboxylic acids is 2. The molecule has 108 valence electrons. The minimum absolute atomic E-state index is 0.153. The number of ether oxygens (including phenoxy) is 2. The lowest BCUT2D eigenvalue weighted by Gasteiger charge is -2.34. The summed E-state index contributed by atoms with van der Waals surface area (Å²) in [5, 5.41) is 9.10. The molecule has 7 nitrogen and oxygen atoms in total. The predicted molar refractivity (Wildman–Crippen MR) is 67.3 cm³/mol. The Balaban J connectivity index is 3.43. The van der Waals surface area contributed by atoms with Crippen molar-refractivity contribution in [3.8, 4) is 0 Å². The van der Waals surface area contributed by atoms with E-state index in [1.807, 2.05) is 0 Å². The third-order valence-corrected chi connectivity index (χ3v) is 2.44. The van der Waals surface area contributed by atoms with Gasteiger partial charge in [0.15, 0.2) is 6.04 Å². The van der Waals surface area contributed by atoms with Gasteiger partial charge in [0.25, 0.3) is 0 Å². The molecule has 1 aromatic rings. The van der Waals surface area contributed by atoms with Crippen LogP contribution in [-0.4, -0.2) is 29.1 Å². The Kier molecular flexibility index (Phi) is 4.82. The highest BCUT2D eigenvalue weighted by Crippen LogP contribution is 2.31. The van der Waals surface area contributed by atoms with E-state index >= 15 is 0 Å². The number of carboxylic acids is 1. The maximum absolute atomic E-state index is 11.3. The molecule has 0 unspecified atom stereocenters. The molecule has 0 aliphatic rings. The van der Waals surface area contributed by atoms with Crippen molar-refractivity contribution in [2.24, 2.45) is 5.73 Å². The van der Waals surface area contributed by atoms with Crippen molar-refractivity contribution in [1.29, 1.82) is 0 Å². The third-order valence-electron chi connectivity index (χ3n) is 2.44. The number of benzene rings is 1. The van der Waals surface area contributed by atoms with E-state index in [0.29, 0.717) is 0 Å². The first-order valence-electron chi connectivity index (χ1n) is 5.72. The molecule has 0 heterocycles. The molecule has 0 aromatic heterocycles. The summed E-state index contributed by atoms with van der Waals surface area (Å²) in [6.07, 6.45) is 0. The van der Waals surface area contributed by atoms with Crippen molar-refractivity contribution < 1.29 is 29.0 Å². The lowest BCUT2D eigenvalue weighted by Crippen LogP contribution is -2.55. The van der Waals surface area contributed by atoms with Crippen LogP contribution in [0.3, 0.4) is 0 Å². The molecule has 1 rings (SSSR count). The highest BCUT2D eigenvalue weighted by molar-refractivity contribution is 5.78. The van der Waals surface area contributed by atoms with Crippen molar-refractivity contribution in [3.63, 3.8) is 0 Å². The van der Waals surface area contributed by atoms with Gasteiger partial charge in [0.05, 0.1) is 0 Å². The maximum Gasteiger partial charge on any atom is 0.329 e. The van der Waals surface area contributed by atoms with E-state index in [1.165, 1.54) is 12.1 Å². The fraction of sp³-hybridized carbons (Fsp3) is 0.308. The van der Waals surface area contributed by atoms with Crippen LogP contribution >= 0.6 is 0 Å². The Bertz CT molecular complexity index is 497. The van der Waals surface area contributed by atoms with Crippen molar-refractivity contribution in [1.82, 2.24) is 0 Å². The van der Waals surface area contributed by atoms with Crippen LogP contribution in [0.25, 0.3) is 0 Å². The number of aliphatic carboxylic acids is 1. The zero-order valence-electron chi connectivity index (χ0n) is 11.0. The quantitative estimate of drug-likeness (QED) is 0.592. The maximum atomic E-state index is 11.3. The summed E-state index contributed by atoms with van der Waals surface area (Å²) >= 11 is 0. The van der Waals surface area contributed by atoms with E-state index < -0.39 is 29.7 Å². The molecule has 1 atom stereocenters. The molecule has 0 radical (unpaired) electrons. The van der Waals surface area contributed by atoms with Crippen molar-refractivity contribution in [3.05, 3.63) is 35.9 Å². The summed E-state index contributed by atoms with van der Waals surface area (Å²) in [5.41, 5.74) is 5.72. The average molecular weight is 281 g/mol. The lowest BCUT2D eigenvalue weighted by molar-refractivity contribution is -0.240. The molecule has 0 fully saturated rings. The number of carboxylic acid groups (broad SMARTS) is 1. The molecule has 3 N–H and O–H groups in total. The smallest absolute Gasteiger partial charge is 0.329 e. The summed E-state index contributed by atoms with van der Waals surface area (Å²) in [5.74, 6) is -5.33. The first-order chi connectivity index (χ1) is 9.29. The lowest BCUT2D eigenvalue weighted by atomic mass is 9.98. The molecular weight excluding hydrogens is 266 g/mol. The number of hydrogen-bond donors (Lipinski definition) is 2. The normalized spacial score (nSPS) is 12.3. The van der Waals surface area contributed by atoms with Crippen molar-refractivity contribution >= 4 is 17.9 Å². The summed E-state index contributed by atoms with van der Waals surface area (Å²) < 4.78 is 9.94. The second kappa shape index (κ2) is 6.16. The molecule has 0 aliphatic heterocycles. The predicted octanol–water partition coefficient (Wildman–Crippen LogP) is 0.378. The van der Waals surface area contributed by atoms with Gasteiger partial charge in [0.1, 0.15) is 0 Å². The van der Waals surface area contributed by atoms with Crippen LogP contribution in [0.4, 0.5) is 0 Å². The molecule has 7 heteroatoms. The van der Waals surface area contributed by atoms with Gasteiger partial charge in [0, 0.05) is 19.4 Å². The summed E-state index contributed by atoms with van der Waals surface area (Å²) in [7, 11) is 0. The second-order valence-corrected chi connectivity index (χ2v) is 4.04. The van der Waals surface area contributed by atoms with Gasteiger partial charge in [-0.15, -0.1) is 0 Å². The van der Waals surface area contributed by atoms with Gasteiger partial charge in [-0.2, -0.15) is 0 Å². The van der Waals surface area contributed by atoms with Gasteiger partial charge in [-0.05, 0) is 0 Å².